The van der Waals surface area contributed by atoms with Gasteiger partial charge in [-0.05, 0) is 31.5 Å². The molecule has 0 aliphatic rings. The summed E-state index contributed by atoms with van der Waals surface area (Å²) in [7, 11) is 0. The summed E-state index contributed by atoms with van der Waals surface area (Å²) in [6, 6.07) is 9.10. The maximum atomic E-state index is 13.8. The van der Waals surface area contributed by atoms with Gasteiger partial charge in [-0.15, -0.1) is 0 Å². The molecule has 0 unspecified atom stereocenters. The second-order valence-corrected chi connectivity index (χ2v) is 4.25. The number of benzene rings is 2. The minimum absolute atomic E-state index is 0.257. The molecule has 0 amide bonds. The zero-order chi connectivity index (χ0) is 13.3. The highest BCUT2D eigenvalue weighted by Crippen LogP contribution is 2.20. The average Bonchev–Trinajstić information content (AvgIpc) is 2.34. The minimum Gasteiger partial charge on any atom is -0.288 e. The third-order valence-corrected chi connectivity index (χ3v) is 2.79. The predicted molar refractivity (Wildman–Crippen MR) is 65.7 cm³/mol. The predicted octanol–water partition coefficient (Wildman–Crippen LogP) is 3.81. The Hall–Kier alpha value is -2.03. The fourth-order valence-corrected chi connectivity index (χ4v) is 1.80. The Morgan fingerprint density at radius 3 is 2.44 bits per heavy atom. The number of halogens is 2. The third kappa shape index (κ3) is 2.16. The zero-order valence-electron chi connectivity index (χ0n) is 10.1. The van der Waals surface area contributed by atoms with E-state index in [2.05, 4.69) is 0 Å². The molecule has 0 aromatic heterocycles. The van der Waals surface area contributed by atoms with E-state index < -0.39 is 23.0 Å². The summed E-state index contributed by atoms with van der Waals surface area (Å²) in [5, 5.41) is 0. The number of rotatable bonds is 2. The fraction of sp³-hybridized carbons (Fsp3) is 0.133. The SMILES string of the molecule is Cc1cccc(C(=O)c2c(F)ccc(C)c2F)c1. The van der Waals surface area contributed by atoms with Crippen molar-refractivity contribution in [1.82, 2.24) is 0 Å². The fourth-order valence-electron chi connectivity index (χ4n) is 1.80. The first-order chi connectivity index (χ1) is 8.50. The highest BCUT2D eigenvalue weighted by molar-refractivity contribution is 6.09. The molecular formula is C15H12F2O. The van der Waals surface area contributed by atoms with E-state index in [1.807, 2.05) is 13.0 Å². The standard InChI is InChI=1S/C15H12F2O/c1-9-4-3-5-11(8-9)15(18)13-12(16)7-6-10(2)14(13)17/h3-8H,1-2H3. The Balaban J connectivity index is 2.56. The lowest BCUT2D eigenvalue weighted by molar-refractivity contribution is 0.103. The summed E-state index contributed by atoms with van der Waals surface area (Å²) in [5.41, 5.74) is 0.931. The molecule has 0 saturated heterocycles. The van der Waals surface area contributed by atoms with E-state index in [1.54, 1.807) is 18.2 Å². The lowest BCUT2D eigenvalue weighted by Gasteiger charge is -2.07. The van der Waals surface area contributed by atoms with Gasteiger partial charge in [-0.2, -0.15) is 0 Å². The summed E-state index contributed by atoms with van der Waals surface area (Å²) in [5.74, 6) is -2.25. The minimum atomic E-state index is -0.829. The molecule has 0 spiro atoms. The van der Waals surface area contributed by atoms with Gasteiger partial charge >= 0.3 is 0 Å². The van der Waals surface area contributed by atoms with Crippen molar-refractivity contribution < 1.29 is 13.6 Å². The Bertz CT molecular complexity index is 618. The van der Waals surface area contributed by atoms with Gasteiger partial charge in [0.15, 0.2) is 5.78 Å². The van der Waals surface area contributed by atoms with Crippen molar-refractivity contribution in [3.63, 3.8) is 0 Å². The average molecular weight is 246 g/mol. The number of ketones is 1. The van der Waals surface area contributed by atoms with Crippen LogP contribution >= 0.6 is 0 Å². The zero-order valence-corrected chi connectivity index (χ0v) is 10.1. The van der Waals surface area contributed by atoms with Crippen LogP contribution < -0.4 is 0 Å². The molecule has 0 saturated carbocycles. The van der Waals surface area contributed by atoms with Crippen molar-refractivity contribution in [3.8, 4) is 0 Å². The molecule has 2 aromatic rings. The van der Waals surface area contributed by atoms with Crippen molar-refractivity contribution in [1.29, 1.82) is 0 Å². The van der Waals surface area contributed by atoms with Crippen LogP contribution in [-0.2, 0) is 0 Å². The van der Waals surface area contributed by atoms with Crippen LogP contribution in [0, 0.1) is 25.5 Å². The van der Waals surface area contributed by atoms with Crippen molar-refractivity contribution >= 4 is 5.78 Å². The Labute approximate surface area is 104 Å². The lowest BCUT2D eigenvalue weighted by Crippen LogP contribution is -2.09. The maximum Gasteiger partial charge on any atom is 0.198 e. The van der Waals surface area contributed by atoms with Crippen LogP contribution in [0.4, 0.5) is 8.78 Å². The molecule has 0 atom stereocenters. The maximum absolute atomic E-state index is 13.8. The summed E-state index contributed by atoms with van der Waals surface area (Å²) in [6.07, 6.45) is 0. The molecule has 92 valence electrons. The van der Waals surface area contributed by atoms with Gasteiger partial charge in [0.25, 0.3) is 0 Å². The monoisotopic (exact) mass is 246 g/mol. The Morgan fingerprint density at radius 1 is 1.06 bits per heavy atom. The highest BCUT2D eigenvalue weighted by atomic mass is 19.1. The molecule has 2 rings (SSSR count). The third-order valence-electron chi connectivity index (χ3n) is 2.79. The largest absolute Gasteiger partial charge is 0.288 e. The second-order valence-electron chi connectivity index (χ2n) is 4.25. The molecule has 3 heteroatoms. The molecule has 0 heterocycles. The Morgan fingerprint density at radius 2 is 1.78 bits per heavy atom. The van der Waals surface area contributed by atoms with Crippen LogP contribution in [0.15, 0.2) is 36.4 Å². The van der Waals surface area contributed by atoms with Gasteiger partial charge in [0.1, 0.15) is 11.6 Å². The van der Waals surface area contributed by atoms with Gasteiger partial charge in [0.2, 0.25) is 0 Å². The van der Waals surface area contributed by atoms with Gasteiger partial charge in [-0.25, -0.2) is 8.78 Å². The lowest BCUT2D eigenvalue weighted by atomic mass is 9.99. The number of hydrogen-bond acceptors (Lipinski definition) is 1. The van der Waals surface area contributed by atoms with E-state index in [0.717, 1.165) is 11.6 Å². The van der Waals surface area contributed by atoms with Crippen molar-refractivity contribution in [2.45, 2.75) is 13.8 Å². The van der Waals surface area contributed by atoms with E-state index in [1.165, 1.54) is 13.0 Å². The van der Waals surface area contributed by atoms with Crippen molar-refractivity contribution in [2.24, 2.45) is 0 Å². The molecular weight excluding hydrogens is 234 g/mol. The molecule has 0 aliphatic carbocycles. The normalized spacial score (nSPS) is 10.4. The molecule has 18 heavy (non-hydrogen) atoms. The first-order valence-corrected chi connectivity index (χ1v) is 5.56. The van der Waals surface area contributed by atoms with E-state index in [4.69, 9.17) is 0 Å². The van der Waals surface area contributed by atoms with Crippen LogP contribution in [0.1, 0.15) is 27.0 Å². The van der Waals surface area contributed by atoms with Gasteiger partial charge in [0.05, 0.1) is 5.56 Å². The summed E-state index contributed by atoms with van der Waals surface area (Å²) in [4.78, 5) is 12.1. The smallest absolute Gasteiger partial charge is 0.198 e. The molecule has 0 N–H and O–H groups in total. The molecule has 0 radical (unpaired) electrons. The van der Waals surface area contributed by atoms with Crippen LogP contribution in [0.5, 0.6) is 0 Å². The summed E-state index contributed by atoms with van der Waals surface area (Å²) < 4.78 is 27.4. The van der Waals surface area contributed by atoms with E-state index in [9.17, 15) is 13.6 Å². The van der Waals surface area contributed by atoms with Gasteiger partial charge in [-0.1, -0.05) is 29.8 Å². The van der Waals surface area contributed by atoms with Crippen molar-refractivity contribution in [2.75, 3.05) is 0 Å². The first-order valence-electron chi connectivity index (χ1n) is 5.56. The van der Waals surface area contributed by atoms with Crippen LogP contribution in [0.25, 0.3) is 0 Å². The van der Waals surface area contributed by atoms with Crippen LogP contribution in [-0.4, -0.2) is 5.78 Å². The quantitative estimate of drug-likeness (QED) is 0.736. The number of carbonyl (C=O) groups excluding carboxylic acids is 1. The number of hydrogen-bond donors (Lipinski definition) is 0. The van der Waals surface area contributed by atoms with Gasteiger partial charge in [0, 0.05) is 5.56 Å². The number of aryl methyl sites for hydroxylation is 2. The molecule has 0 bridgehead atoms. The Kier molecular flexibility index (Phi) is 3.24. The molecule has 2 aromatic carbocycles. The molecule has 1 nitrogen and oxygen atoms in total. The first kappa shape index (κ1) is 12.4. The summed E-state index contributed by atoms with van der Waals surface area (Å²) in [6.45, 7) is 3.32. The van der Waals surface area contributed by atoms with Gasteiger partial charge < -0.3 is 0 Å². The van der Waals surface area contributed by atoms with E-state index in [0.29, 0.717) is 5.56 Å². The van der Waals surface area contributed by atoms with Crippen molar-refractivity contribution in [3.05, 3.63) is 70.3 Å². The van der Waals surface area contributed by atoms with E-state index in [-0.39, 0.29) is 5.56 Å². The highest BCUT2D eigenvalue weighted by Gasteiger charge is 2.20. The summed E-state index contributed by atoms with van der Waals surface area (Å²) >= 11 is 0. The van der Waals surface area contributed by atoms with Crippen LogP contribution in [0.3, 0.4) is 0 Å². The topological polar surface area (TPSA) is 17.1 Å². The van der Waals surface area contributed by atoms with Crippen LogP contribution in [0.2, 0.25) is 0 Å². The second kappa shape index (κ2) is 4.69. The molecule has 0 fully saturated rings. The number of carbonyl (C=O) groups is 1. The van der Waals surface area contributed by atoms with Gasteiger partial charge in [-0.3, -0.25) is 4.79 Å². The molecule has 0 aliphatic heterocycles. The van der Waals surface area contributed by atoms with E-state index >= 15 is 0 Å².